The molecule has 0 saturated heterocycles. The first kappa shape index (κ1) is 12.9. The Bertz CT molecular complexity index is 510. The molecule has 1 aromatic rings. The Balaban J connectivity index is 2.44. The first-order chi connectivity index (χ1) is 8.52. The van der Waals surface area contributed by atoms with Gasteiger partial charge in [0.05, 0.1) is 10.7 Å². The van der Waals surface area contributed by atoms with Gasteiger partial charge in [-0.3, -0.25) is 15.5 Å². The van der Waals surface area contributed by atoms with E-state index in [1.165, 1.54) is 6.07 Å². The summed E-state index contributed by atoms with van der Waals surface area (Å²) in [7, 11) is 0. The smallest absolute Gasteiger partial charge is 0.190 e. The minimum Gasteiger partial charge on any atom is -0.382 e. The molecule has 18 heavy (non-hydrogen) atoms. The zero-order chi connectivity index (χ0) is 13.3. The topological polar surface area (TPSA) is 61.4 Å². The van der Waals surface area contributed by atoms with E-state index in [9.17, 15) is 4.79 Å². The summed E-state index contributed by atoms with van der Waals surface area (Å²) in [5, 5.41) is 12.6. The maximum absolute atomic E-state index is 12.1. The number of benzene rings is 1. The molecule has 4 nitrogen and oxygen atoms in total. The van der Waals surface area contributed by atoms with Crippen molar-refractivity contribution in [2.45, 2.75) is 25.8 Å². The maximum atomic E-state index is 12.1. The molecule has 1 fully saturated rings. The summed E-state index contributed by atoms with van der Waals surface area (Å²) in [5.41, 5.74) is 3.89. The molecule has 0 bridgehead atoms. The van der Waals surface area contributed by atoms with Crippen LogP contribution < -0.4 is 10.8 Å². The van der Waals surface area contributed by atoms with Gasteiger partial charge >= 0.3 is 0 Å². The van der Waals surface area contributed by atoms with Crippen LogP contribution in [0.1, 0.15) is 30.1 Å². The molecule has 3 N–H and O–H groups in total. The zero-order valence-electron chi connectivity index (χ0n) is 10.1. The Morgan fingerprint density at radius 1 is 1.44 bits per heavy atom. The lowest BCUT2D eigenvalue weighted by atomic mass is 10.0. The molecule has 0 aliphatic heterocycles. The minimum absolute atomic E-state index is 0.161. The maximum Gasteiger partial charge on any atom is 0.190 e. The number of carbonyl (C=O) groups is 1. The van der Waals surface area contributed by atoms with E-state index in [1.807, 2.05) is 5.48 Å². The number of nitrogens with one attached hydrogen (secondary N) is 2. The number of carbonyl (C=O) groups excluding carboxylic acids is 1. The van der Waals surface area contributed by atoms with Crippen LogP contribution in [0.3, 0.4) is 0 Å². The number of halogens is 1. The van der Waals surface area contributed by atoms with Crippen molar-refractivity contribution in [1.29, 1.82) is 0 Å². The normalized spacial score (nSPS) is 14.2. The predicted octanol–water partition coefficient (Wildman–Crippen LogP) is 3.47. The van der Waals surface area contributed by atoms with E-state index in [-0.39, 0.29) is 5.78 Å². The van der Waals surface area contributed by atoms with Gasteiger partial charge in [-0.05, 0) is 37.5 Å². The molecule has 0 amide bonds. The number of rotatable bonds is 5. The van der Waals surface area contributed by atoms with Gasteiger partial charge in [0.25, 0.3) is 0 Å². The molecule has 0 radical (unpaired) electrons. The van der Waals surface area contributed by atoms with Crippen molar-refractivity contribution in [3.05, 3.63) is 34.9 Å². The fraction of sp³-hybridized carbons (Fsp3) is 0.308. The predicted molar refractivity (Wildman–Crippen MR) is 72.7 cm³/mol. The molecule has 0 atom stereocenters. The van der Waals surface area contributed by atoms with Crippen LogP contribution in [-0.4, -0.2) is 17.0 Å². The highest BCUT2D eigenvalue weighted by Gasteiger charge is 2.24. The van der Waals surface area contributed by atoms with Crippen molar-refractivity contribution in [3.63, 3.8) is 0 Å². The summed E-state index contributed by atoms with van der Waals surface area (Å²) in [6, 6.07) is 3.59. The molecule has 5 heteroatoms. The van der Waals surface area contributed by atoms with E-state index in [0.29, 0.717) is 33.6 Å². The number of anilines is 2. The van der Waals surface area contributed by atoms with Crippen molar-refractivity contribution in [2.75, 3.05) is 10.8 Å². The Morgan fingerprint density at radius 2 is 2.11 bits per heavy atom. The third kappa shape index (κ3) is 2.66. The highest BCUT2D eigenvalue weighted by atomic mass is 35.5. The second-order valence-electron chi connectivity index (χ2n) is 4.52. The van der Waals surface area contributed by atoms with E-state index in [1.54, 1.807) is 13.0 Å². The van der Waals surface area contributed by atoms with Gasteiger partial charge in [0.2, 0.25) is 0 Å². The van der Waals surface area contributed by atoms with E-state index in [0.717, 1.165) is 12.8 Å². The van der Waals surface area contributed by atoms with Gasteiger partial charge in [-0.25, -0.2) is 0 Å². The lowest BCUT2D eigenvalue weighted by Crippen LogP contribution is -2.10. The Morgan fingerprint density at radius 3 is 2.61 bits per heavy atom. The fourth-order valence-electron chi connectivity index (χ4n) is 1.64. The highest BCUT2D eigenvalue weighted by Crippen LogP contribution is 2.33. The molecule has 1 aromatic carbocycles. The Hall–Kier alpha value is -1.52. The monoisotopic (exact) mass is 266 g/mol. The fourth-order valence-corrected chi connectivity index (χ4v) is 1.85. The minimum atomic E-state index is -0.161. The van der Waals surface area contributed by atoms with Gasteiger partial charge in [0, 0.05) is 17.3 Å². The molecule has 1 saturated carbocycles. The largest absolute Gasteiger partial charge is 0.382 e. The summed E-state index contributed by atoms with van der Waals surface area (Å²) < 4.78 is 0. The summed E-state index contributed by atoms with van der Waals surface area (Å²) >= 11 is 5.99. The van der Waals surface area contributed by atoms with E-state index in [4.69, 9.17) is 16.8 Å². The summed E-state index contributed by atoms with van der Waals surface area (Å²) in [5.74, 6) is -0.161. The third-order valence-electron chi connectivity index (χ3n) is 2.80. The van der Waals surface area contributed by atoms with Crippen molar-refractivity contribution >= 4 is 28.8 Å². The average molecular weight is 267 g/mol. The van der Waals surface area contributed by atoms with Crippen molar-refractivity contribution in [2.24, 2.45) is 0 Å². The van der Waals surface area contributed by atoms with E-state index in [2.05, 4.69) is 11.9 Å². The highest BCUT2D eigenvalue weighted by molar-refractivity contribution is 6.34. The van der Waals surface area contributed by atoms with Crippen LogP contribution in [0.5, 0.6) is 0 Å². The second-order valence-corrected chi connectivity index (χ2v) is 4.92. The van der Waals surface area contributed by atoms with Crippen LogP contribution in [0, 0.1) is 0 Å². The van der Waals surface area contributed by atoms with Crippen LogP contribution in [0.25, 0.3) is 0 Å². The molecule has 0 heterocycles. The van der Waals surface area contributed by atoms with Gasteiger partial charge in [-0.15, -0.1) is 0 Å². The van der Waals surface area contributed by atoms with E-state index < -0.39 is 0 Å². The van der Waals surface area contributed by atoms with Crippen LogP contribution in [0.4, 0.5) is 11.4 Å². The standard InChI is InChI=1S/C13H15ClN2O2/c1-7(2)13(17)9-5-12(16-18)10(14)6-11(9)15-8-3-4-8/h5-6,8,15-16,18H,1,3-4H2,2H3. The number of allylic oxidation sites excluding steroid dienone is 1. The number of ketones is 1. The molecular weight excluding hydrogens is 252 g/mol. The average Bonchev–Trinajstić information content (AvgIpc) is 3.12. The number of Topliss-reactive ketones (excluding diaryl/α,β-unsaturated/α-hetero) is 1. The van der Waals surface area contributed by atoms with Gasteiger partial charge < -0.3 is 5.32 Å². The first-order valence-electron chi connectivity index (χ1n) is 5.73. The quantitative estimate of drug-likeness (QED) is 0.434. The molecule has 0 aromatic heterocycles. The van der Waals surface area contributed by atoms with Crippen molar-refractivity contribution in [3.8, 4) is 0 Å². The second kappa shape index (κ2) is 5.00. The molecule has 96 valence electrons. The molecule has 0 unspecified atom stereocenters. The Labute approximate surface area is 111 Å². The van der Waals surface area contributed by atoms with Crippen molar-refractivity contribution in [1.82, 2.24) is 0 Å². The van der Waals surface area contributed by atoms with Crippen molar-refractivity contribution < 1.29 is 10.0 Å². The van der Waals surface area contributed by atoms with E-state index >= 15 is 0 Å². The Kier molecular flexibility index (Phi) is 3.59. The number of hydrogen-bond donors (Lipinski definition) is 3. The van der Waals surface area contributed by atoms with Crippen LogP contribution in [-0.2, 0) is 0 Å². The lowest BCUT2D eigenvalue weighted by molar-refractivity contribution is 0.103. The summed E-state index contributed by atoms with van der Waals surface area (Å²) in [4.78, 5) is 12.1. The molecule has 1 aliphatic rings. The molecule has 1 aliphatic carbocycles. The van der Waals surface area contributed by atoms with Crippen LogP contribution in [0.15, 0.2) is 24.3 Å². The summed E-state index contributed by atoms with van der Waals surface area (Å²) in [6.07, 6.45) is 2.19. The third-order valence-corrected chi connectivity index (χ3v) is 3.11. The SMILES string of the molecule is C=C(C)C(=O)c1cc(NO)c(Cl)cc1NC1CC1. The van der Waals surface area contributed by atoms with Gasteiger partial charge in [0.15, 0.2) is 5.78 Å². The summed E-state index contributed by atoms with van der Waals surface area (Å²) in [6.45, 7) is 5.31. The molecule has 2 rings (SSSR count). The number of hydrogen-bond acceptors (Lipinski definition) is 4. The molecular formula is C13H15ClN2O2. The first-order valence-corrected chi connectivity index (χ1v) is 6.11. The van der Waals surface area contributed by atoms with Gasteiger partial charge in [-0.1, -0.05) is 18.2 Å². The molecule has 0 spiro atoms. The lowest BCUT2D eigenvalue weighted by Gasteiger charge is -2.13. The van der Waals surface area contributed by atoms with Gasteiger partial charge in [-0.2, -0.15) is 0 Å². The van der Waals surface area contributed by atoms with Crippen LogP contribution >= 0.6 is 11.6 Å². The van der Waals surface area contributed by atoms with Crippen LogP contribution in [0.2, 0.25) is 5.02 Å². The zero-order valence-corrected chi connectivity index (χ0v) is 10.8. The van der Waals surface area contributed by atoms with Gasteiger partial charge in [0.1, 0.15) is 0 Å².